The van der Waals surface area contributed by atoms with E-state index < -0.39 is 11.7 Å². The van der Waals surface area contributed by atoms with Gasteiger partial charge in [0, 0.05) is 32.4 Å². The summed E-state index contributed by atoms with van der Waals surface area (Å²) < 4.78 is 7.18. The summed E-state index contributed by atoms with van der Waals surface area (Å²) in [5.74, 6) is 1.23. The van der Waals surface area contributed by atoms with Crippen molar-refractivity contribution in [3.63, 3.8) is 0 Å². The number of rotatable bonds is 4. The van der Waals surface area contributed by atoms with E-state index in [4.69, 9.17) is 9.72 Å². The Hall–Kier alpha value is -2.35. The summed E-state index contributed by atoms with van der Waals surface area (Å²) in [6.07, 6.45) is 4.13. The number of ether oxygens (including phenoxy) is 1. The van der Waals surface area contributed by atoms with Crippen molar-refractivity contribution in [2.75, 3.05) is 38.1 Å². The topological polar surface area (TPSA) is 75.0 Å². The molecule has 1 amide bonds. The van der Waals surface area contributed by atoms with Crippen LogP contribution in [0.3, 0.4) is 0 Å². The van der Waals surface area contributed by atoms with Gasteiger partial charge in [0.15, 0.2) is 11.5 Å². The van der Waals surface area contributed by atoms with Crippen LogP contribution in [0.2, 0.25) is 0 Å². The van der Waals surface area contributed by atoms with Crippen LogP contribution in [0.15, 0.2) is 12.3 Å². The second kappa shape index (κ2) is 7.24. The van der Waals surface area contributed by atoms with Crippen molar-refractivity contribution in [2.45, 2.75) is 51.7 Å². The number of amides is 1. The molecule has 1 N–H and O–H groups in total. The number of aromatic nitrogens is 3. The highest BCUT2D eigenvalue weighted by atomic mass is 16.6. The van der Waals surface area contributed by atoms with E-state index in [1.165, 1.54) is 18.4 Å². The summed E-state index contributed by atoms with van der Waals surface area (Å²) >= 11 is 0. The molecule has 152 valence electrons. The zero-order valence-electron chi connectivity index (χ0n) is 17.2. The van der Waals surface area contributed by atoms with Crippen LogP contribution < -0.4 is 10.2 Å². The van der Waals surface area contributed by atoms with Crippen LogP contribution in [-0.4, -0.2) is 64.4 Å². The zero-order valence-corrected chi connectivity index (χ0v) is 17.2. The minimum atomic E-state index is -0.524. The molecule has 2 aromatic rings. The number of carbonyl (C=O) groups is 1. The van der Waals surface area contributed by atoms with Crippen LogP contribution in [0.4, 0.5) is 10.5 Å². The molecule has 1 aliphatic carbocycles. The van der Waals surface area contributed by atoms with Crippen LogP contribution in [0, 0.1) is 0 Å². The Morgan fingerprint density at radius 2 is 1.96 bits per heavy atom. The first-order chi connectivity index (χ1) is 13.3. The van der Waals surface area contributed by atoms with Gasteiger partial charge in [-0.3, -0.25) is 0 Å². The Kier molecular flexibility index (Phi) is 4.91. The second-order valence-electron chi connectivity index (χ2n) is 8.87. The number of nitrogens with zero attached hydrogens (tertiary/aromatic N) is 5. The molecule has 2 fully saturated rings. The highest BCUT2D eigenvalue weighted by Crippen LogP contribution is 2.41. The molecular weight excluding hydrogens is 356 g/mol. The van der Waals surface area contributed by atoms with Gasteiger partial charge in [-0.25, -0.2) is 14.3 Å². The van der Waals surface area contributed by atoms with Crippen molar-refractivity contribution in [2.24, 2.45) is 0 Å². The van der Waals surface area contributed by atoms with E-state index in [1.807, 2.05) is 25.3 Å². The van der Waals surface area contributed by atoms with Crippen molar-refractivity contribution in [3.05, 3.63) is 23.7 Å². The molecule has 1 saturated carbocycles. The number of alkyl carbamates (subject to hydrolysis) is 1. The van der Waals surface area contributed by atoms with Crippen LogP contribution in [0.5, 0.6) is 0 Å². The predicted octanol–water partition coefficient (Wildman–Crippen LogP) is 2.38. The number of carbonyl (C=O) groups excluding carboxylic acids is 1. The fourth-order valence-electron chi connectivity index (χ4n) is 3.49. The number of hydrogen-bond donors (Lipinski definition) is 1. The van der Waals surface area contributed by atoms with Gasteiger partial charge in [-0.05, 0) is 58.2 Å². The third-order valence-electron chi connectivity index (χ3n) is 5.16. The van der Waals surface area contributed by atoms with Crippen LogP contribution in [-0.2, 0) is 11.3 Å². The lowest BCUT2D eigenvalue weighted by Gasteiger charge is -2.34. The number of pyridine rings is 1. The van der Waals surface area contributed by atoms with Gasteiger partial charge in [0.25, 0.3) is 0 Å². The molecule has 0 atom stereocenters. The molecule has 1 saturated heterocycles. The first-order valence-corrected chi connectivity index (χ1v) is 10.1. The molecule has 2 aliphatic rings. The predicted molar refractivity (Wildman–Crippen MR) is 108 cm³/mol. The molecule has 2 aromatic heterocycles. The maximum absolute atomic E-state index is 11.9. The summed E-state index contributed by atoms with van der Waals surface area (Å²) in [6.45, 7) is 9.84. The second-order valence-corrected chi connectivity index (χ2v) is 8.87. The molecule has 1 aliphatic heterocycles. The standard InChI is InChI=1S/C20H30N6O2/c1-20(2,3)28-19(27)21-12-17-22-18-16(25-9-7-24(4)8-10-25)11-15(14-5-6-14)13-26(18)23-17/h11,13-14H,5-10,12H2,1-4H3,(H,21,27). The van der Waals surface area contributed by atoms with Gasteiger partial charge in [0.1, 0.15) is 5.60 Å². The highest BCUT2D eigenvalue weighted by Gasteiger charge is 2.27. The number of hydrogen-bond acceptors (Lipinski definition) is 6. The Bertz CT molecular complexity index is 859. The number of anilines is 1. The molecule has 0 spiro atoms. The van der Waals surface area contributed by atoms with Gasteiger partial charge < -0.3 is 19.9 Å². The van der Waals surface area contributed by atoms with Gasteiger partial charge in [-0.2, -0.15) is 0 Å². The maximum Gasteiger partial charge on any atom is 0.408 e. The number of fused-ring (bicyclic) bond motifs is 1. The zero-order chi connectivity index (χ0) is 19.9. The third kappa shape index (κ3) is 4.38. The lowest BCUT2D eigenvalue weighted by atomic mass is 10.1. The van der Waals surface area contributed by atoms with Gasteiger partial charge in [0.2, 0.25) is 0 Å². The quantitative estimate of drug-likeness (QED) is 0.870. The lowest BCUT2D eigenvalue weighted by Crippen LogP contribution is -2.44. The third-order valence-corrected chi connectivity index (χ3v) is 5.16. The maximum atomic E-state index is 11.9. The summed E-state index contributed by atoms with van der Waals surface area (Å²) in [4.78, 5) is 21.4. The molecular formula is C20H30N6O2. The van der Waals surface area contributed by atoms with Crippen molar-refractivity contribution >= 4 is 17.4 Å². The Balaban J connectivity index is 1.57. The first-order valence-electron chi connectivity index (χ1n) is 10.1. The van der Waals surface area contributed by atoms with E-state index in [0.717, 1.165) is 37.5 Å². The first kappa shape index (κ1) is 19.0. The van der Waals surface area contributed by atoms with E-state index in [2.05, 4.69) is 39.5 Å². The fraction of sp³-hybridized carbons (Fsp3) is 0.650. The average molecular weight is 387 g/mol. The SMILES string of the molecule is CN1CCN(c2cc(C3CC3)cn3nc(CNC(=O)OC(C)(C)C)nc23)CC1. The average Bonchev–Trinajstić information content (AvgIpc) is 3.38. The summed E-state index contributed by atoms with van der Waals surface area (Å²) in [5.41, 5.74) is 2.81. The summed E-state index contributed by atoms with van der Waals surface area (Å²) in [6, 6.07) is 2.29. The van der Waals surface area contributed by atoms with Crippen molar-refractivity contribution in [3.8, 4) is 0 Å². The number of nitrogens with one attached hydrogen (secondary N) is 1. The van der Waals surface area contributed by atoms with Crippen LogP contribution in [0.1, 0.15) is 50.9 Å². The molecule has 8 heteroatoms. The summed E-state index contributed by atoms with van der Waals surface area (Å²) in [5, 5.41) is 7.37. The Morgan fingerprint density at radius 3 is 2.61 bits per heavy atom. The highest BCUT2D eigenvalue weighted by molar-refractivity contribution is 5.70. The molecule has 0 unspecified atom stereocenters. The molecule has 28 heavy (non-hydrogen) atoms. The van der Waals surface area contributed by atoms with Crippen molar-refractivity contribution in [1.82, 2.24) is 24.8 Å². The van der Waals surface area contributed by atoms with E-state index in [1.54, 1.807) is 0 Å². The molecule has 0 aromatic carbocycles. The monoisotopic (exact) mass is 386 g/mol. The molecule has 8 nitrogen and oxygen atoms in total. The normalized spacial score (nSPS) is 18.5. The fourth-order valence-corrected chi connectivity index (χ4v) is 3.49. The minimum absolute atomic E-state index is 0.248. The van der Waals surface area contributed by atoms with Crippen LogP contribution in [0.25, 0.3) is 5.65 Å². The van der Waals surface area contributed by atoms with E-state index in [0.29, 0.717) is 11.7 Å². The van der Waals surface area contributed by atoms with Gasteiger partial charge in [-0.1, -0.05) is 0 Å². The lowest BCUT2D eigenvalue weighted by molar-refractivity contribution is 0.0522. The number of piperazine rings is 1. The molecule has 0 bridgehead atoms. The van der Waals surface area contributed by atoms with Gasteiger partial charge >= 0.3 is 6.09 Å². The molecule has 0 radical (unpaired) electrons. The van der Waals surface area contributed by atoms with E-state index in [-0.39, 0.29) is 6.54 Å². The van der Waals surface area contributed by atoms with E-state index in [9.17, 15) is 4.79 Å². The Morgan fingerprint density at radius 1 is 1.25 bits per heavy atom. The van der Waals surface area contributed by atoms with Crippen LogP contribution >= 0.6 is 0 Å². The van der Waals surface area contributed by atoms with Crippen molar-refractivity contribution in [1.29, 1.82) is 0 Å². The van der Waals surface area contributed by atoms with Gasteiger partial charge in [-0.15, -0.1) is 5.10 Å². The molecule has 3 heterocycles. The van der Waals surface area contributed by atoms with Crippen molar-refractivity contribution < 1.29 is 9.53 Å². The van der Waals surface area contributed by atoms with E-state index >= 15 is 0 Å². The largest absolute Gasteiger partial charge is 0.444 e. The summed E-state index contributed by atoms with van der Waals surface area (Å²) in [7, 11) is 2.16. The Labute approximate surface area is 165 Å². The minimum Gasteiger partial charge on any atom is -0.444 e. The molecule has 4 rings (SSSR count). The smallest absolute Gasteiger partial charge is 0.408 e. The van der Waals surface area contributed by atoms with Gasteiger partial charge in [0.05, 0.1) is 12.2 Å². The number of likely N-dealkylation sites (N-methyl/N-ethyl adjacent to an activating group) is 1.